The zero-order valence-electron chi connectivity index (χ0n) is 18.3. The number of amides is 2. The molecule has 4 rings (SSSR count). The van der Waals surface area contributed by atoms with E-state index in [1.54, 1.807) is 10.6 Å². The number of carbonyl (C=O) groups excluding carboxylic acids is 2. The number of hydrogen-bond donors (Lipinski definition) is 1. The quantitative estimate of drug-likeness (QED) is 0.634. The Kier molecular flexibility index (Phi) is 6.28. The van der Waals surface area contributed by atoms with Crippen LogP contribution in [-0.4, -0.2) is 59.2 Å². The zero-order chi connectivity index (χ0) is 23.7. The van der Waals surface area contributed by atoms with Crippen LogP contribution >= 0.6 is 0 Å². The van der Waals surface area contributed by atoms with E-state index in [1.807, 2.05) is 19.1 Å². The van der Waals surface area contributed by atoms with Crippen LogP contribution in [0.4, 0.5) is 13.6 Å². The number of carbonyl (C=O) groups is 2. The lowest BCUT2D eigenvalue weighted by atomic mass is 10.0. The minimum absolute atomic E-state index is 0.139. The Hall–Kier alpha value is -3.53. The molecule has 0 saturated carbocycles. The van der Waals surface area contributed by atoms with Crippen LogP contribution in [-0.2, 0) is 27.1 Å². The van der Waals surface area contributed by atoms with Gasteiger partial charge in [0.2, 0.25) is 5.91 Å². The average Bonchev–Trinajstić information content (AvgIpc) is 3.09. The van der Waals surface area contributed by atoms with E-state index < -0.39 is 29.7 Å². The van der Waals surface area contributed by atoms with Gasteiger partial charge in [-0.2, -0.15) is 0 Å². The van der Waals surface area contributed by atoms with E-state index in [9.17, 15) is 9.59 Å². The highest BCUT2D eigenvalue weighted by Crippen LogP contribution is 2.32. The molecule has 174 valence electrons. The summed E-state index contributed by atoms with van der Waals surface area (Å²) in [6.07, 6.45) is 0.895. The van der Waals surface area contributed by atoms with Crippen LogP contribution in [0.1, 0.15) is 16.8 Å². The predicted molar refractivity (Wildman–Crippen MR) is 116 cm³/mol. The lowest BCUT2D eigenvalue weighted by Gasteiger charge is -2.32. The third-order valence-corrected chi connectivity index (χ3v) is 5.59. The number of ether oxygens (including phenoxy) is 2. The van der Waals surface area contributed by atoms with Crippen LogP contribution in [0, 0.1) is 18.6 Å². The summed E-state index contributed by atoms with van der Waals surface area (Å²) in [5.74, 6) is -2.36. The normalized spacial score (nSPS) is 16.2. The fraction of sp³-hybridized carbons (Fsp3) is 0.348. The summed E-state index contributed by atoms with van der Waals surface area (Å²) >= 11 is 0. The van der Waals surface area contributed by atoms with Gasteiger partial charge >= 0.3 is 6.09 Å². The molecule has 3 aromatic rings. The van der Waals surface area contributed by atoms with Crippen molar-refractivity contribution >= 4 is 17.6 Å². The maximum Gasteiger partial charge on any atom is 0.409 e. The van der Waals surface area contributed by atoms with Crippen molar-refractivity contribution in [2.24, 2.45) is 5.73 Å². The number of fused-ring (bicyclic) bond motifs is 1. The van der Waals surface area contributed by atoms with E-state index in [4.69, 9.17) is 15.2 Å². The Labute approximate surface area is 188 Å². The Morgan fingerprint density at radius 2 is 2.00 bits per heavy atom. The lowest BCUT2D eigenvalue weighted by molar-refractivity contribution is -0.117. The van der Waals surface area contributed by atoms with E-state index in [0.717, 1.165) is 17.7 Å². The van der Waals surface area contributed by atoms with Gasteiger partial charge in [0.25, 0.3) is 0 Å². The van der Waals surface area contributed by atoms with Gasteiger partial charge in [-0.05, 0) is 42.3 Å². The van der Waals surface area contributed by atoms with Gasteiger partial charge in [-0.25, -0.2) is 18.6 Å². The summed E-state index contributed by atoms with van der Waals surface area (Å²) in [5, 5.41) is 0. The number of nitrogens with two attached hydrogens (primary N) is 1. The van der Waals surface area contributed by atoms with Crippen LogP contribution in [0.15, 0.2) is 30.5 Å². The highest BCUT2D eigenvalue weighted by Gasteiger charge is 2.29. The van der Waals surface area contributed by atoms with Gasteiger partial charge in [0.15, 0.2) is 0 Å². The molecule has 0 bridgehead atoms. The standard InChI is InChI=1S/C23H24F2N4O4/c1-13-3-4-29-18(11-15-12-28(5-6-33-15)23(31)32-2)22(27-20(29)7-13)21-16(24)8-14(9-17(21)25)10-19(26)30/h3-4,7-9,15H,5-6,10-12H2,1-2H3,(H2,26,30)/t15-/m0/s1. The van der Waals surface area contributed by atoms with Crippen molar-refractivity contribution in [3.63, 3.8) is 0 Å². The van der Waals surface area contributed by atoms with Crippen LogP contribution in [0.25, 0.3) is 16.9 Å². The SMILES string of the molecule is COC(=O)N1CCO[C@@H](Cc2c(-c3c(F)cc(CC(N)=O)cc3F)nc3cc(C)ccn23)C1. The molecule has 3 heterocycles. The van der Waals surface area contributed by atoms with Gasteiger partial charge in [-0.15, -0.1) is 0 Å². The molecule has 10 heteroatoms. The molecule has 1 aliphatic rings. The fourth-order valence-corrected chi connectivity index (χ4v) is 4.10. The molecule has 1 atom stereocenters. The first-order chi connectivity index (χ1) is 15.8. The topological polar surface area (TPSA) is 99.2 Å². The predicted octanol–water partition coefficient (Wildman–Crippen LogP) is 2.63. The minimum Gasteiger partial charge on any atom is -0.453 e. The van der Waals surface area contributed by atoms with Crippen molar-refractivity contribution in [1.82, 2.24) is 14.3 Å². The van der Waals surface area contributed by atoms with Crippen LogP contribution in [0.5, 0.6) is 0 Å². The summed E-state index contributed by atoms with van der Waals surface area (Å²) in [7, 11) is 1.31. The zero-order valence-corrected chi connectivity index (χ0v) is 18.3. The van der Waals surface area contributed by atoms with Crippen molar-refractivity contribution < 1.29 is 27.8 Å². The van der Waals surface area contributed by atoms with E-state index >= 15 is 8.78 Å². The molecule has 0 spiro atoms. The van der Waals surface area contributed by atoms with E-state index in [0.29, 0.717) is 24.5 Å². The van der Waals surface area contributed by atoms with Gasteiger partial charge in [0.1, 0.15) is 17.3 Å². The average molecular weight is 458 g/mol. The Morgan fingerprint density at radius 1 is 1.27 bits per heavy atom. The number of nitrogens with zero attached hydrogens (tertiary/aromatic N) is 3. The van der Waals surface area contributed by atoms with Gasteiger partial charge in [0, 0.05) is 19.2 Å². The number of primary amides is 1. The molecule has 0 aliphatic carbocycles. The lowest BCUT2D eigenvalue weighted by Crippen LogP contribution is -2.46. The van der Waals surface area contributed by atoms with Gasteiger partial charge in [-0.3, -0.25) is 4.79 Å². The Morgan fingerprint density at radius 3 is 2.67 bits per heavy atom. The van der Waals surface area contributed by atoms with E-state index in [-0.39, 0.29) is 36.2 Å². The number of methoxy groups -OCH3 is 1. The number of imidazole rings is 1. The first-order valence-corrected chi connectivity index (χ1v) is 10.5. The molecule has 1 fully saturated rings. The number of halogens is 2. The summed E-state index contributed by atoms with van der Waals surface area (Å²) in [6, 6.07) is 5.87. The van der Waals surface area contributed by atoms with Crippen molar-refractivity contribution in [1.29, 1.82) is 0 Å². The largest absolute Gasteiger partial charge is 0.453 e. The number of hydrogen-bond acceptors (Lipinski definition) is 5. The number of morpholine rings is 1. The summed E-state index contributed by atoms with van der Waals surface area (Å²) < 4.78 is 42.6. The molecule has 33 heavy (non-hydrogen) atoms. The molecule has 1 aromatic carbocycles. The molecular formula is C23H24F2N4O4. The van der Waals surface area contributed by atoms with Crippen molar-refractivity contribution in [2.75, 3.05) is 26.8 Å². The summed E-state index contributed by atoms with van der Waals surface area (Å²) in [5.41, 5.74) is 7.16. The van der Waals surface area contributed by atoms with Gasteiger partial charge in [0.05, 0.1) is 49.7 Å². The number of aryl methyl sites for hydroxylation is 1. The van der Waals surface area contributed by atoms with E-state index in [1.165, 1.54) is 12.0 Å². The fourth-order valence-electron chi connectivity index (χ4n) is 4.10. The molecule has 2 amide bonds. The summed E-state index contributed by atoms with van der Waals surface area (Å²) in [6.45, 7) is 2.88. The van der Waals surface area contributed by atoms with Gasteiger partial charge < -0.3 is 24.5 Å². The maximum absolute atomic E-state index is 15.1. The molecule has 1 aliphatic heterocycles. The summed E-state index contributed by atoms with van der Waals surface area (Å²) in [4.78, 5) is 29.2. The minimum atomic E-state index is -0.839. The second kappa shape index (κ2) is 9.14. The second-order valence-electron chi connectivity index (χ2n) is 8.03. The molecular weight excluding hydrogens is 434 g/mol. The van der Waals surface area contributed by atoms with Gasteiger partial charge in [-0.1, -0.05) is 0 Å². The number of benzene rings is 1. The number of aromatic nitrogens is 2. The number of pyridine rings is 1. The van der Waals surface area contributed by atoms with Crippen LogP contribution < -0.4 is 5.73 Å². The smallest absolute Gasteiger partial charge is 0.409 e. The van der Waals surface area contributed by atoms with Crippen molar-refractivity contribution in [2.45, 2.75) is 25.9 Å². The molecule has 8 nitrogen and oxygen atoms in total. The Balaban J connectivity index is 1.78. The van der Waals surface area contributed by atoms with Crippen LogP contribution in [0.2, 0.25) is 0 Å². The molecule has 2 aromatic heterocycles. The molecule has 0 unspecified atom stereocenters. The first-order valence-electron chi connectivity index (χ1n) is 10.5. The Bertz CT molecular complexity index is 1200. The maximum atomic E-state index is 15.1. The molecule has 1 saturated heterocycles. The monoisotopic (exact) mass is 458 g/mol. The highest BCUT2D eigenvalue weighted by atomic mass is 19.1. The molecule has 0 radical (unpaired) electrons. The first kappa shape index (κ1) is 22.7. The third kappa shape index (κ3) is 4.65. The highest BCUT2D eigenvalue weighted by molar-refractivity contribution is 5.77. The van der Waals surface area contributed by atoms with E-state index in [2.05, 4.69) is 4.98 Å². The number of rotatable bonds is 5. The van der Waals surface area contributed by atoms with Crippen molar-refractivity contribution in [3.8, 4) is 11.3 Å². The third-order valence-electron chi connectivity index (χ3n) is 5.59. The van der Waals surface area contributed by atoms with Crippen molar-refractivity contribution in [3.05, 3.63) is 58.9 Å². The molecule has 2 N–H and O–H groups in total. The van der Waals surface area contributed by atoms with Crippen LogP contribution in [0.3, 0.4) is 0 Å². The second-order valence-corrected chi connectivity index (χ2v) is 8.03.